The van der Waals surface area contributed by atoms with E-state index < -0.39 is 6.10 Å². The number of ether oxygens (including phenoxy) is 1. The molecule has 0 N–H and O–H groups in total. The van der Waals surface area contributed by atoms with Gasteiger partial charge in [-0.2, -0.15) is 0 Å². The molecule has 130 valence electrons. The highest BCUT2D eigenvalue weighted by Crippen LogP contribution is 2.26. The molecule has 0 spiro atoms. The van der Waals surface area contributed by atoms with Crippen molar-refractivity contribution in [2.45, 2.75) is 52.7 Å². The highest BCUT2D eigenvalue weighted by atomic mass is 16.5. The van der Waals surface area contributed by atoms with Crippen LogP contribution in [-0.2, 0) is 4.74 Å². The maximum absolute atomic E-state index is 12.9. The van der Waals surface area contributed by atoms with Crippen LogP contribution in [0.15, 0.2) is 8.83 Å². The van der Waals surface area contributed by atoms with Crippen LogP contribution in [0.5, 0.6) is 0 Å². The Morgan fingerprint density at radius 2 is 1.96 bits per heavy atom. The number of rotatable bonds is 3. The molecule has 0 aliphatic carbocycles. The van der Waals surface area contributed by atoms with Crippen LogP contribution >= 0.6 is 0 Å². The number of aromatic nitrogens is 3. The van der Waals surface area contributed by atoms with Crippen molar-refractivity contribution in [3.05, 3.63) is 29.1 Å². The Morgan fingerprint density at radius 1 is 1.21 bits per heavy atom. The van der Waals surface area contributed by atoms with E-state index in [2.05, 4.69) is 15.2 Å². The molecule has 1 amide bonds. The lowest BCUT2D eigenvalue weighted by molar-refractivity contribution is -0.0797. The van der Waals surface area contributed by atoms with E-state index in [-0.39, 0.29) is 17.9 Å². The second-order valence-corrected chi connectivity index (χ2v) is 6.42. The first kappa shape index (κ1) is 16.6. The average molecular weight is 334 g/mol. The van der Waals surface area contributed by atoms with Gasteiger partial charge in [0.25, 0.3) is 5.91 Å². The largest absolute Gasteiger partial charge is 0.445 e. The van der Waals surface area contributed by atoms with E-state index in [1.165, 1.54) is 0 Å². The minimum Gasteiger partial charge on any atom is -0.445 e. The maximum Gasteiger partial charge on any atom is 0.276 e. The molecule has 2 aromatic heterocycles. The van der Waals surface area contributed by atoms with Gasteiger partial charge in [-0.05, 0) is 13.8 Å². The molecule has 8 heteroatoms. The van der Waals surface area contributed by atoms with Crippen LogP contribution in [0.1, 0.15) is 66.7 Å². The number of morpholine rings is 1. The van der Waals surface area contributed by atoms with Crippen molar-refractivity contribution in [2.75, 3.05) is 13.1 Å². The molecule has 2 atom stereocenters. The van der Waals surface area contributed by atoms with Crippen molar-refractivity contribution in [2.24, 2.45) is 0 Å². The van der Waals surface area contributed by atoms with E-state index in [1.807, 2.05) is 20.8 Å². The fourth-order valence-corrected chi connectivity index (χ4v) is 2.71. The highest BCUT2D eigenvalue weighted by Gasteiger charge is 2.34. The number of hydrogen-bond acceptors (Lipinski definition) is 7. The Balaban J connectivity index is 1.81. The number of aryl methyl sites for hydroxylation is 2. The van der Waals surface area contributed by atoms with Gasteiger partial charge in [-0.15, -0.1) is 10.2 Å². The molecule has 1 aliphatic heterocycles. The molecule has 1 aliphatic rings. The van der Waals surface area contributed by atoms with Crippen molar-refractivity contribution in [1.82, 2.24) is 20.1 Å². The van der Waals surface area contributed by atoms with Crippen LogP contribution in [0.2, 0.25) is 0 Å². The Kier molecular flexibility index (Phi) is 4.40. The summed E-state index contributed by atoms with van der Waals surface area (Å²) in [4.78, 5) is 18.9. The molecule has 2 aromatic rings. The minimum atomic E-state index is -0.435. The zero-order valence-corrected chi connectivity index (χ0v) is 14.6. The van der Waals surface area contributed by atoms with Gasteiger partial charge in [0.2, 0.25) is 11.8 Å². The molecule has 0 saturated carbocycles. The Morgan fingerprint density at radius 3 is 2.54 bits per heavy atom. The average Bonchev–Trinajstić information content (AvgIpc) is 3.12. The van der Waals surface area contributed by atoms with Crippen molar-refractivity contribution in [1.29, 1.82) is 0 Å². The van der Waals surface area contributed by atoms with Crippen LogP contribution in [-0.4, -0.2) is 45.2 Å². The molecule has 0 radical (unpaired) electrons. The third-order valence-electron chi connectivity index (χ3n) is 3.87. The molecule has 1 saturated heterocycles. The van der Waals surface area contributed by atoms with Crippen LogP contribution in [0.25, 0.3) is 0 Å². The van der Waals surface area contributed by atoms with Gasteiger partial charge >= 0.3 is 0 Å². The van der Waals surface area contributed by atoms with Crippen LogP contribution in [0.4, 0.5) is 0 Å². The molecular weight excluding hydrogens is 312 g/mol. The third kappa shape index (κ3) is 3.19. The van der Waals surface area contributed by atoms with E-state index >= 15 is 0 Å². The number of oxazole rings is 1. The lowest BCUT2D eigenvalue weighted by atomic mass is 10.2. The van der Waals surface area contributed by atoms with Crippen molar-refractivity contribution in [3.63, 3.8) is 0 Å². The summed E-state index contributed by atoms with van der Waals surface area (Å²) < 4.78 is 16.9. The number of carbonyl (C=O) groups is 1. The SMILES string of the molecule is Cc1nnc([C@H]2CN(C(=O)c3nc(C(C)C)oc3C)C[C@@H](C)O2)o1. The molecular formula is C16H22N4O4. The minimum absolute atomic E-state index is 0.128. The number of amides is 1. The molecule has 0 unspecified atom stereocenters. The van der Waals surface area contributed by atoms with E-state index in [0.717, 1.165) is 0 Å². The first-order valence-electron chi connectivity index (χ1n) is 8.07. The highest BCUT2D eigenvalue weighted by molar-refractivity contribution is 5.93. The molecule has 8 nitrogen and oxygen atoms in total. The normalized spacial score (nSPS) is 21.5. The quantitative estimate of drug-likeness (QED) is 0.850. The van der Waals surface area contributed by atoms with Crippen LogP contribution < -0.4 is 0 Å². The second kappa shape index (κ2) is 6.35. The van der Waals surface area contributed by atoms with E-state index in [0.29, 0.717) is 42.2 Å². The predicted molar refractivity (Wildman–Crippen MR) is 83.6 cm³/mol. The molecule has 0 aromatic carbocycles. The summed E-state index contributed by atoms with van der Waals surface area (Å²) in [7, 11) is 0. The number of hydrogen-bond donors (Lipinski definition) is 0. The van der Waals surface area contributed by atoms with Gasteiger partial charge in [0.15, 0.2) is 17.7 Å². The fraction of sp³-hybridized carbons (Fsp3) is 0.625. The summed E-state index contributed by atoms with van der Waals surface area (Å²) in [5, 5.41) is 7.83. The van der Waals surface area contributed by atoms with Crippen molar-refractivity contribution in [3.8, 4) is 0 Å². The van der Waals surface area contributed by atoms with E-state index in [4.69, 9.17) is 13.6 Å². The maximum atomic E-state index is 12.9. The van der Waals surface area contributed by atoms with Gasteiger partial charge in [-0.3, -0.25) is 4.79 Å². The van der Waals surface area contributed by atoms with Gasteiger partial charge in [0, 0.05) is 19.4 Å². The van der Waals surface area contributed by atoms with Gasteiger partial charge < -0.3 is 18.5 Å². The van der Waals surface area contributed by atoms with E-state index in [9.17, 15) is 4.79 Å². The first-order chi connectivity index (χ1) is 11.3. The summed E-state index contributed by atoms with van der Waals surface area (Å²) in [5.74, 6) is 1.92. The first-order valence-corrected chi connectivity index (χ1v) is 8.07. The number of carbonyl (C=O) groups excluding carboxylic acids is 1. The number of nitrogens with zero attached hydrogens (tertiary/aromatic N) is 4. The van der Waals surface area contributed by atoms with Gasteiger partial charge in [0.05, 0.1) is 12.6 Å². The molecule has 3 rings (SSSR count). The fourth-order valence-electron chi connectivity index (χ4n) is 2.71. The molecule has 3 heterocycles. The molecule has 24 heavy (non-hydrogen) atoms. The van der Waals surface area contributed by atoms with Gasteiger partial charge in [-0.1, -0.05) is 13.8 Å². The Hall–Kier alpha value is -2.22. The van der Waals surface area contributed by atoms with Crippen molar-refractivity contribution >= 4 is 5.91 Å². The van der Waals surface area contributed by atoms with Gasteiger partial charge in [-0.25, -0.2) is 4.98 Å². The zero-order chi connectivity index (χ0) is 17.4. The van der Waals surface area contributed by atoms with Gasteiger partial charge in [0.1, 0.15) is 5.76 Å². The topological polar surface area (TPSA) is 94.5 Å². The third-order valence-corrected chi connectivity index (χ3v) is 3.87. The predicted octanol–water partition coefficient (Wildman–Crippen LogP) is 2.40. The zero-order valence-electron chi connectivity index (χ0n) is 14.6. The molecule has 0 bridgehead atoms. The van der Waals surface area contributed by atoms with E-state index in [1.54, 1.807) is 18.7 Å². The summed E-state index contributed by atoms with van der Waals surface area (Å²) in [6.07, 6.45) is -0.577. The Labute approximate surface area is 140 Å². The smallest absolute Gasteiger partial charge is 0.276 e. The van der Waals surface area contributed by atoms with Crippen LogP contribution in [0, 0.1) is 13.8 Å². The van der Waals surface area contributed by atoms with Crippen molar-refractivity contribution < 1.29 is 18.4 Å². The Bertz CT molecular complexity index is 736. The lowest BCUT2D eigenvalue weighted by Gasteiger charge is -2.34. The monoisotopic (exact) mass is 334 g/mol. The molecule has 1 fully saturated rings. The second-order valence-electron chi connectivity index (χ2n) is 6.42. The summed E-state index contributed by atoms with van der Waals surface area (Å²) in [6, 6.07) is 0. The lowest BCUT2D eigenvalue weighted by Crippen LogP contribution is -2.46. The summed E-state index contributed by atoms with van der Waals surface area (Å²) in [6.45, 7) is 10.2. The summed E-state index contributed by atoms with van der Waals surface area (Å²) >= 11 is 0. The standard InChI is InChI=1S/C16H22N4O4/c1-8(2)14-17-13(10(4)23-14)16(21)20-6-9(3)22-12(7-20)15-19-18-11(5)24-15/h8-9,12H,6-7H2,1-5H3/t9-,12-/m1/s1. The summed E-state index contributed by atoms with van der Waals surface area (Å²) in [5.41, 5.74) is 0.355. The van der Waals surface area contributed by atoms with Crippen LogP contribution in [0.3, 0.4) is 0 Å².